The van der Waals surface area contributed by atoms with Crippen LogP contribution >= 0.6 is 0 Å². The van der Waals surface area contributed by atoms with Gasteiger partial charge in [-0.1, -0.05) is 0 Å². The van der Waals surface area contributed by atoms with Crippen LogP contribution in [0.25, 0.3) is 0 Å². The summed E-state index contributed by atoms with van der Waals surface area (Å²) in [5, 5.41) is 0. The molecule has 0 aromatic carbocycles. The first-order chi connectivity index (χ1) is 5.10. The van der Waals surface area contributed by atoms with E-state index < -0.39 is 11.6 Å². The Balaban J connectivity index is 4.31. The van der Waals surface area contributed by atoms with Crippen molar-refractivity contribution in [1.29, 1.82) is 0 Å². The maximum atomic E-state index is 10.8. The summed E-state index contributed by atoms with van der Waals surface area (Å²) in [6, 6.07) is 0. The van der Waals surface area contributed by atoms with Crippen molar-refractivity contribution in [1.82, 2.24) is 0 Å². The Morgan fingerprint density at radius 3 is 2.55 bits per heavy atom. The lowest BCUT2D eigenvalue weighted by Gasteiger charge is -2.18. The van der Waals surface area contributed by atoms with Crippen molar-refractivity contribution in [3.8, 4) is 0 Å². The van der Waals surface area contributed by atoms with Crippen LogP contribution in [0.15, 0.2) is 0 Å². The summed E-state index contributed by atoms with van der Waals surface area (Å²) in [7, 11) is 0. The lowest BCUT2D eigenvalue weighted by molar-refractivity contribution is -0.171. The maximum Gasteiger partial charge on any atom is 0.364 e. The molecule has 0 saturated carbocycles. The van der Waals surface area contributed by atoms with Crippen LogP contribution in [0, 0.1) is 0 Å². The summed E-state index contributed by atoms with van der Waals surface area (Å²) in [6.07, 6.45) is 0.353. The van der Waals surface area contributed by atoms with E-state index in [2.05, 4.69) is 10.7 Å². The van der Waals surface area contributed by atoms with E-state index in [0.29, 0.717) is 6.29 Å². The highest BCUT2D eigenvalue weighted by atomic mass is 16.7. The van der Waals surface area contributed by atoms with Gasteiger partial charge in [-0.15, -0.1) is 0 Å². The highest BCUT2D eigenvalue weighted by Gasteiger charge is 2.35. The van der Waals surface area contributed by atoms with Gasteiger partial charge in [0, 0.05) is 6.61 Å². The molecular weight excluding hydrogens is 150 g/mol. The van der Waals surface area contributed by atoms with Crippen molar-refractivity contribution >= 4 is 12.3 Å². The lowest BCUT2D eigenvalue weighted by atomic mass is 10.1. The fraction of sp³-hybridized carbons (Fsp3) is 0.667. The molecule has 64 valence electrons. The molecule has 0 aliphatic heterocycles. The van der Waals surface area contributed by atoms with E-state index in [0.717, 1.165) is 0 Å². The van der Waals surface area contributed by atoms with Gasteiger partial charge in [-0.05, 0) is 13.8 Å². The number of carbonyl (C=O) groups is 2. The second-order valence-electron chi connectivity index (χ2n) is 2.06. The smallest absolute Gasteiger partial charge is 0.364 e. The molecule has 1 atom stereocenters. The quantitative estimate of drug-likeness (QED) is 0.338. The molecule has 0 fully saturated rings. The molecule has 1 unspecified atom stereocenters. The largest absolute Gasteiger partial charge is 0.371 e. The van der Waals surface area contributed by atoms with Crippen molar-refractivity contribution in [2.45, 2.75) is 19.4 Å². The molecular formula is C6H11NO4. The summed E-state index contributed by atoms with van der Waals surface area (Å²) in [5.74, 6) is 3.68. The van der Waals surface area contributed by atoms with Crippen LogP contribution in [0.5, 0.6) is 0 Å². The highest BCUT2D eigenvalue weighted by molar-refractivity contribution is 5.96. The first-order valence-corrected chi connectivity index (χ1v) is 3.12. The van der Waals surface area contributed by atoms with Crippen LogP contribution in [-0.4, -0.2) is 24.5 Å². The van der Waals surface area contributed by atoms with Gasteiger partial charge in [-0.25, -0.2) is 4.79 Å². The molecule has 11 heavy (non-hydrogen) atoms. The number of carbonyl (C=O) groups excluding carboxylic acids is 2. The fourth-order valence-corrected chi connectivity index (χ4v) is 0.558. The SMILES string of the molecule is CCOC(C)(C=O)C(=O)ON. The molecule has 0 rings (SSSR count). The predicted octanol–water partition coefficient (Wildman–Crippen LogP) is -0.603. The van der Waals surface area contributed by atoms with E-state index >= 15 is 0 Å². The monoisotopic (exact) mass is 161 g/mol. The molecule has 0 heterocycles. The van der Waals surface area contributed by atoms with E-state index in [4.69, 9.17) is 4.74 Å². The van der Waals surface area contributed by atoms with Crippen LogP contribution < -0.4 is 5.90 Å². The van der Waals surface area contributed by atoms with E-state index in [9.17, 15) is 9.59 Å². The third kappa shape index (κ3) is 2.28. The Hall–Kier alpha value is -0.940. The zero-order valence-corrected chi connectivity index (χ0v) is 6.49. The Morgan fingerprint density at radius 2 is 2.27 bits per heavy atom. The van der Waals surface area contributed by atoms with Gasteiger partial charge in [0.25, 0.3) is 0 Å². The summed E-state index contributed by atoms with van der Waals surface area (Å²) < 4.78 is 4.81. The third-order valence-corrected chi connectivity index (χ3v) is 1.18. The summed E-state index contributed by atoms with van der Waals surface area (Å²) in [6.45, 7) is 3.19. The molecule has 0 aliphatic carbocycles. The maximum absolute atomic E-state index is 10.8. The number of nitrogens with two attached hydrogens (primary N) is 1. The average Bonchev–Trinajstić information content (AvgIpc) is 2.03. The Morgan fingerprint density at radius 1 is 1.73 bits per heavy atom. The van der Waals surface area contributed by atoms with Crippen LogP contribution in [0.2, 0.25) is 0 Å². The van der Waals surface area contributed by atoms with Crippen LogP contribution in [0.4, 0.5) is 0 Å². The van der Waals surface area contributed by atoms with Gasteiger partial charge in [-0.3, -0.25) is 4.79 Å². The van der Waals surface area contributed by atoms with Gasteiger partial charge < -0.3 is 9.57 Å². The fourth-order valence-electron chi connectivity index (χ4n) is 0.558. The minimum Gasteiger partial charge on any atom is -0.371 e. The number of ether oxygens (including phenoxy) is 1. The molecule has 0 amide bonds. The van der Waals surface area contributed by atoms with Crippen LogP contribution in [0.1, 0.15) is 13.8 Å². The molecule has 2 N–H and O–H groups in total. The second-order valence-corrected chi connectivity index (χ2v) is 2.06. The Labute approximate surface area is 64.4 Å². The lowest BCUT2D eigenvalue weighted by Crippen LogP contribution is -2.42. The van der Waals surface area contributed by atoms with Crippen LogP contribution in [-0.2, 0) is 19.2 Å². The second kappa shape index (κ2) is 4.05. The zero-order chi connectivity index (χ0) is 8.91. The van der Waals surface area contributed by atoms with Crippen molar-refractivity contribution < 1.29 is 19.2 Å². The van der Waals surface area contributed by atoms with Gasteiger partial charge in [-0.2, -0.15) is 5.90 Å². The van der Waals surface area contributed by atoms with E-state index in [-0.39, 0.29) is 6.61 Å². The topological polar surface area (TPSA) is 78.6 Å². The minimum atomic E-state index is -1.57. The van der Waals surface area contributed by atoms with Gasteiger partial charge in [0.1, 0.15) is 0 Å². The first kappa shape index (κ1) is 10.1. The summed E-state index contributed by atoms with van der Waals surface area (Å²) >= 11 is 0. The normalized spacial score (nSPS) is 15.2. The van der Waals surface area contributed by atoms with E-state index in [1.165, 1.54) is 6.92 Å². The van der Waals surface area contributed by atoms with Gasteiger partial charge in [0.15, 0.2) is 6.29 Å². The molecule has 5 nitrogen and oxygen atoms in total. The minimum absolute atomic E-state index is 0.240. The van der Waals surface area contributed by atoms with Gasteiger partial charge in [0.2, 0.25) is 5.60 Å². The van der Waals surface area contributed by atoms with Crippen molar-refractivity contribution in [3.05, 3.63) is 0 Å². The molecule has 0 aliphatic rings. The molecule has 0 radical (unpaired) electrons. The summed E-state index contributed by atoms with van der Waals surface area (Å²) in [5.41, 5.74) is -1.57. The zero-order valence-electron chi connectivity index (χ0n) is 6.49. The molecule has 0 spiro atoms. The standard InChI is InChI=1S/C6H11NO4/c1-3-10-6(2,4-8)5(9)11-7/h4H,3,7H2,1-2H3. The number of aldehydes is 1. The van der Waals surface area contributed by atoms with Gasteiger partial charge in [0.05, 0.1) is 0 Å². The van der Waals surface area contributed by atoms with Gasteiger partial charge >= 0.3 is 5.97 Å². The first-order valence-electron chi connectivity index (χ1n) is 3.12. The molecule has 0 aromatic heterocycles. The Bertz CT molecular complexity index is 159. The number of hydrogen-bond donors (Lipinski definition) is 1. The number of hydrogen-bond acceptors (Lipinski definition) is 5. The summed E-state index contributed by atoms with van der Waals surface area (Å²) in [4.78, 5) is 25.0. The molecule has 5 heteroatoms. The molecule has 0 saturated heterocycles. The predicted molar refractivity (Wildman–Crippen MR) is 36.4 cm³/mol. The third-order valence-electron chi connectivity index (χ3n) is 1.18. The Kier molecular flexibility index (Phi) is 3.70. The average molecular weight is 161 g/mol. The molecule has 0 bridgehead atoms. The van der Waals surface area contributed by atoms with Crippen molar-refractivity contribution in [3.63, 3.8) is 0 Å². The molecule has 0 aromatic rings. The van der Waals surface area contributed by atoms with E-state index in [1.807, 2.05) is 0 Å². The van der Waals surface area contributed by atoms with Crippen molar-refractivity contribution in [2.24, 2.45) is 5.90 Å². The van der Waals surface area contributed by atoms with Crippen LogP contribution in [0.3, 0.4) is 0 Å². The van der Waals surface area contributed by atoms with E-state index in [1.54, 1.807) is 6.92 Å². The van der Waals surface area contributed by atoms with Crippen molar-refractivity contribution in [2.75, 3.05) is 6.61 Å². The number of rotatable bonds is 4. The highest BCUT2D eigenvalue weighted by Crippen LogP contribution is 2.07.